The van der Waals surface area contributed by atoms with Crippen LogP contribution in [-0.4, -0.2) is 59.7 Å². The van der Waals surface area contributed by atoms with Crippen molar-refractivity contribution in [2.75, 3.05) is 11.0 Å². The third-order valence-corrected chi connectivity index (χ3v) is 12.2. The monoisotopic (exact) mass is 924 g/mol. The first kappa shape index (κ1) is 42.9. The van der Waals surface area contributed by atoms with Gasteiger partial charge in [-0.3, -0.25) is 28.2 Å². The number of nitrogens with one attached hydrogen (secondary N) is 2. The standard InChI is InChI=1S/C42H35ClF6N10O4S/c1-18(2)38-50-10-9-27(52-38)20-5-6-23-28(14-20)53-40(59(41(23)61)30-8-7-26(43)33-35(30)57(3)55-39(33)56-64(4,62)63)29(13-19-11-21(44)15-22(45)12-19)51-31(60)17-58-36-32(34(54-58)37(46)47)24-16-25(24)42(36,48)49/h5-12,14-15,18,24-25,29,37H,13,16-17H2,1-4H3,(H,51,60)(H,55,56)/t24-,25+,29-/m0/s1. The van der Waals surface area contributed by atoms with Crippen LogP contribution in [0.1, 0.15) is 78.7 Å². The summed E-state index contributed by atoms with van der Waals surface area (Å²) in [6, 6.07) is 10.2. The van der Waals surface area contributed by atoms with Gasteiger partial charge in [-0.15, -0.1) is 0 Å². The Bertz CT molecular complexity index is 3250. The molecule has 1 fully saturated rings. The number of carbonyl (C=O) groups excluding carboxylic acids is 1. The van der Waals surface area contributed by atoms with Crippen LogP contribution < -0.4 is 15.6 Å². The number of amides is 1. The van der Waals surface area contributed by atoms with Gasteiger partial charge in [0.1, 0.15) is 41.2 Å². The lowest BCUT2D eigenvalue weighted by molar-refractivity contribution is -0.123. The lowest BCUT2D eigenvalue weighted by Crippen LogP contribution is -2.38. The number of rotatable bonds is 12. The van der Waals surface area contributed by atoms with Crippen LogP contribution in [0.15, 0.2) is 65.6 Å². The first-order valence-electron chi connectivity index (χ1n) is 19.7. The fourth-order valence-electron chi connectivity index (χ4n) is 8.55. The van der Waals surface area contributed by atoms with Crippen molar-refractivity contribution < 1.29 is 39.6 Å². The van der Waals surface area contributed by atoms with Gasteiger partial charge in [0.2, 0.25) is 15.9 Å². The molecule has 2 aliphatic carbocycles. The van der Waals surface area contributed by atoms with Crippen LogP contribution in [0.3, 0.4) is 0 Å². The number of benzene rings is 3. The van der Waals surface area contributed by atoms with Gasteiger partial charge in [-0.1, -0.05) is 31.5 Å². The van der Waals surface area contributed by atoms with Gasteiger partial charge in [0.15, 0.2) is 5.82 Å². The van der Waals surface area contributed by atoms with Crippen LogP contribution in [0, 0.1) is 17.6 Å². The van der Waals surface area contributed by atoms with E-state index in [1.165, 1.54) is 29.9 Å². The zero-order chi connectivity index (χ0) is 45.7. The summed E-state index contributed by atoms with van der Waals surface area (Å²) in [7, 11) is -2.46. The van der Waals surface area contributed by atoms with E-state index in [9.17, 15) is 30.8 Å². The Balaban J connectivity index is 1.26. The Morgan fingerprint density at radius 2 is 1.75 bits per heavy atom. The van der Waals surface area contributed by atoms with E-state index in [-0.39, 0.29) is 67.6 Å². The van der Waals surface area contributed by atoms with Crippen molar-refractivity contribution in [3.8, 4) is 16.9 Å². The topological polar surface area (TPSA) is 172 Å². The molecule has 0 radical (unpaired) electrons. The lowest BCUT2D eigenvalue weighted by Gasteiger charge is -2.24. The highest BCUT2D eigenvalue weighted by Gasteiger charge is 2.67. The van der Waals surface area contributed by atoms with Gasteiger partial charge < -0.3 is 5.32 Å². The van der Waals surface area contributed by atoms with Crippen molar-refractivity contribution in [1.29, 1.82) is 0 Å². The molecule has 3 aromatic carbocycles. The average molecular weight is 925 g/mol. The Labute approximate surface area is 364 Å². The van der Waals surface area contributed by atoms with Crippen molar-refractivity contribution in [3.05, 3.63) is 122 Å². The number of sulfonamides is 1. The average Bonchev–Trinajstić information content (AvgIpc) is 3.75. The number of anilines is 1. The molecule has 0 saturated heterocycles. The number of alkyl halides is 4. The first-order valence-corrected chi connectivity index (χ1v) is 22.0. The first-order chi connectivity index (χ1) is 30.2. The smallest absolute Gasteiger partial charge is 0.293 e. The molecule has 3 atom stereocenters. The van der Waals surface area contributed by atoms with Crippen LogP contribution in [0.5, 0.6) is 0 Å². The molecule has 2 aliphatic rings. The molecule has 332 valence electrons. The van der Waals surface area contributed by atoms with E-state index in [1.807, 2.05) is 13.8 Å². The molecule has 22 heteroatoms. The quantitative estimate of drug-likeness (QED) is 0.117. The fraction of sp³-hybridized carbons (Fsp3) is 0.310. The highest BCUT2D eigenvalue weighted by atomic mass is 35.5. The number of halogens is 7. The summed E-state index contributed by atoms with van der Waals surface area (Å²) in [5, 5.41) is 10.9. The van der Waals surface area contributed by atoms with Crippen molar-refractivity contribution in [1.82, 2.24) is 44.4 Å². The van der Waals surface area contributed by atoms with Crippen molar-refractivity contribution >= 4 is 55.2 Å². The van der Waals surface area contributed by atoms with E-state index in [4.69, 9.17) is 16.6 Å². The highest BCUT2D eigenvalue weighted by Crippen LogP contribution is 2.68. The molecule has 1 amide bonds. The Morgan fingerprint density at radius 1 is 1.02 bits per heavy atom. The third kappa shape index (κ3) is 7.52. The molecule has 1 saturated carbocycles. The van der Waals surface area contributed by atoms with E-state index in [0.29, 0.717) is 27.8 Å². The summed E-state index contributed by atoms with van der Waals surface area (Å²) in [6.45, 7) is 2.84. The summed E-state index contributed by atoms with van der Waals surface area (Å²) >= 11 is 6.65. The van der Waals surface area contributed by atoms with E-state index in [0.717, 1.165) is 23.0 Å². The molecule has 0 bridgehead atoms. The maximum Gasteiger partial charge on any atom is 0.293 e. The normalized spacial score (nSPS) is 17.0. The second-order valence-corrected chi connectivity index (χ2v) is 18.4. The second kappa shape index (κ2) is 15.4. The molecule has 7 aromatic rings. The fourth-order valence-corrected chi connectivity index (χ4v) is 9.29. The number of hydrogen-bond acceptors (Lipinski definition) is 9. The number of carbonyl (C=O) groups is 1. The summed E-state index contributed by atoms with van der Waals surface area (Å²) in [6.07, 6.45) is -1.20. The zero-order valence-electron chi connectivity index (χ0n) is 34.0. The molecule has 0 spiro atoms. The highest BCUT2D eigenvalue weighted by molar-refractivity contribution is 7.92. The van der Waals surface area contributed by atoms with Crippen LogP contribution in [0.2, 0.25) is 5.02 Å². The van der Waals surface area contributed by atoms with E-state index < -0.39 is 87.7 Å². The molecular weight excluding hydrogens is 890 g/mol. The summed E-state index contributed by atoms with van der Waals surface area (Å²) < 4.78 is 119. The third-order valence-electron chi connectivity index (χ3n) is 11.3. The minimum atomic E-state index is -3.92. The van der Waals surface area contributed by atoms with E-state index in [1.54, 1.807) is 24.4 Å². The van der Waals surface area contributed by atoms with E-state index in [2.05, 4.69) is 30.2 Å². The van der Waals surface area contributed by atoms with Gasteiger partial charge in [0.05, 0.1) is 50.5 Å². The lowest BCUT2D eigenvalue weighted by atomic mass is 10.0. The Hall–Kier alpha value is -6.35. The van der Waals surface area contributed by atoms with Crippen LogP contribution >= 0.6 is 11.6 Å². The Morgan fingerprint density at radius 3 is 2.44 bits per heavy atom. The van der Waals surface area contributed by atoms with Gasteiger partial charge in [-0.2, -0.15) is 19.0 Å². The predicted molar refractivity (Wildman–Crippen MR) is 223 cm³/mol. The van der Waals surface area contributed by atoms with E-state index >= 15 is 13.6 Å². The molecule has 14 nitrogen and oxygen atoms in total. The predicted octanol–water partition coefficient (Wildman–Crippen LogP) is 7.60. The van der Waals surface area contributed by atoms with Crippen LogP contribution in [0.25, 0.3) is 38.8 Å². The molecule has 2 N–H and O–H groups in total. The minimum absolute atomic E-state index is 0.00664. The molecule has 64 heavy (non-hydrogen) atoms. The molecule has 9 rings (SSSR count). The van der Waals surface area contributed by atoms with Crippen LogP contribution in [-0.2, 0) is 40.8 Å². The molecule has 4 aromatic heterocycles. The number of aryl methyl sites for hydroxylation is 1. The minimum Gasteiger partial charge on any atom is -0.344 e. The molecular formula is C42H35ClF6N10O4S. The second-order valence-electron chi connectivity index (χ2n) is 16.2. The van der Waals surface area contributed by atoms with Gasteiger partial charge in [-0.25, -0.2) is 40.9 Å². The number of nitrogens with zero attached hydrogens (tertiary/aromatic N) is 8. The molecule has 0 aliphatic heterocycles. The number of hydrogen-bond donors (Lipinski definition) is 2. The SMILES string of the molecule is CC(C)c1nccc(-c2ccc3c(=O)n(-c4ccc(Cl)c5c(NS(C)(=O)=O)nn(C)c45)c([C@H](Cc4cc(F)cc(F)c4)NC(=O)Cn4nc(C(F)F)c5c4C(F)(F)[C@@H]4C[C@H]54)nc3c2)n1. The van der Waals surface area contributed by atoms with Gasteiger partial charge in [0.25, 0.3) is 17.9 Å². The van der Waals surface area contributed by atoms with Gasteiger partial charge in [-0.05, 0) is 60.4 Å². The maximum absolute atomic E-state index is 15.6. The zero-order valence-corrected chi connectivity index (χ0v) is 35.6. The van der Waals surface area contributed by atoms with Gasteiger partial charge in [0, 0.05) is 48.7 Å². The summed E-state index contributed by atoms with van der Waals surface area (Å²) in [5.74, 6) is -8.55. The van der Waals surface area contributed by atoms with Crippen molar-refractivity contribution in [2.45, 2.75) is 63.5 Å². The molecule has 4 heterocycles. The number of fused-ring (bicyclic) bond motifs is 5. The van der Waals surface area contributed by atoms with Crippen molar-refractivity contribution in [3.63, 3.8) is 0 Å². The van der Waals surface area contributed by atoms with Crippen LogP contribution in [0.4, 0.5) is 32.2 Å². The Kier molecular flexibility index (Phi) is 10.3. The largest absolute Gasteiger partial charge is 0.344 e. The maximum atomic E-state index is 15.6. The number of aromatic nitrogens is 8. The molecule has 0 unspecified atom stereocenters. The summed E-state index contributed by atoms with van der Waals surface area (Å²) in [5.41, 5.74) is -1.51. The summed E-state index contributed by atoms with van der Waals surface area (Å²) in [4.78, 5) is 43.2. The van der Waals surface area contributed by atoms with Gasteiger partial charge >= 0.3 is 0 Å². The van der Waals surface area contributed by atoms with Crippen molar-refractivity contribution in [2.24, 2.45) is 13.0 Å².